The summed E-state index contributed by atoms with van der Waals surface area (Å²) in [6.45, 7) is 4.49. The molecule has 0 spiro atoms. The van der Waals surface area contributed by atoms with E-state index in [4.69, 9.17) is 0 Å². The van der Waals surface area contributed by atoms with Gasteiger partial charge in [0.2, 0.25) is 0 Å². The van der Waals surface area contributed by atoms with Crippen molar-refractivity contribution in [3.8, 4) is 0 Å². The Bertz CT molecular complexity index is 313. The standard InChI is InChI=1S/C15H24FNS/c1-3-5-6-7-15(4-2)18-12-17-14-10-8-13(16)9-11-14/h8-11,15,17H,3-7,12H2,1-2H3/t15-/m0/s1. The minimum absolute atomic E-state index is 0.181. The van der Waals surface area contributed by atoms with Gasteiger partial charge < -0.3 is 5.32 Å². The quantitative estimate of drug-likeness (QED) is 0.483. The Balaban J connectivity index is 2.20. The Morgan fingerprint density at radius 1 is 1.17 bits per heavy atom. The lowest BCUT2D eigenvalue weighted by molar-refractivity contribution is 0.628. The Kier molecular flexibility index (Phi) is 7.90. The molecule has 18 heavy (non-hydrogen) atoms. The number of thioether (sulfide) groups is 1. The first-order valence-corrected chi connectivity index (χ1v) is 7.92. The van der Waals surface area contributed by atoms with Gasteiger partial charge in [-0.05, 0) is 37.1 Å². The molecule has 1 nitrogen and oxygen atoms in total. The van der Waals surface area contributed by atoms with Crippen molar-refractivity contribution in [3.05, 3.63) is 30.1 Å². The van der Waals surface area contributed by atoms with Crippen LogP contribution >= 0.6 is 11.8 Å². The first kappa shape index (κ1) is 15.4. The maximum Gasteiger partial charge on any atom is 0.123 e. The molecule has 0 unspecified atom stereocenters. The van der Waals surface area contributed by atoms with Crippen molar-refractivity contribution in [3.63, 3.8) is 0 Å². The van der Waals surface area contributed by atoms with Crippen LogP contribution in [0, 0.1) is 5.82 Å². The molecule has 3 heteroatoms. The normalized spacial score (nSPS) is 12.4. The number of benzene rings is 1. The SMILES string of the molecule is CCCCC[C@H](CC)SCNc1ccc(F)cc1. The van der Waals surface area contributed by atoms with E-state index in [1.807, 2.05) is 11.8 Å². The van der Waals surface area contributed by atoms with E-state index in [-0.39, 0.29) is 5.82 Å². The highest BCUT2D eigenvalue weighted by molar-refractivity contribution is 7.99. The zero-order chi connectivity index (χ0) is 13.2. The molecule has 0 saturated heterocycles. The zero-order valence-corrected chi connectivity index (χ0v) is 12.2. The molecule has 0 radical (unpaired) electrons. The zero-order valence-electron chi connectivity index (χ0n) is 11.4. The van der Waals surface area contributed by atoms with Gasteiger partial charge in [-0.1, -0.05) is 33.1 Å². The number of hydrogen-bond donors (Lipinski definition) is 1. The Hall–Kier alpha value is -0.700. The van der Waals surface area contributed by atoms with Crippen molar-refractivity contribution in [1.82, 2.24) is 0 Å². The lowest BCUT2D eigenvalue weighted by Crippen LogP contribution is -2.06. The predicted molar refractivity (Wildman–Crippen MR) is 80.7 cm³/mol. The molecule has 1 atom stereocenters. The number of nitrogens with one attached hydrogen (secondary N) is 1. The van der Waals surface area contributed by atoms with E-state index in [1.165, 1.54) is 44.2 Å². The molecule has 102 valence electrons. The number of unbranched alkanes of at least 4 members (excludes halogenated alkanes) is 2. The van der Waals surface area contributed by atoms with Crippen LogP contribution in [0.1, 0.15) is 46.0 Å². The van der Waals surface area contributed by atoms with Gasteiger partial charge in [0.05, 0.1) is 5.88 Å². The summed E-state index contributed by atoms with van der Waals surface area (Å²) in [5, 5.41) is 4.06. The molecule has 0 aromatic heterocycles. The van der Waals surface area contributed by atoms with Crippen LogP contribution < -0.4 is 5.32 Å². The molecule has 1 N–H and O–H groups in total. The fourth-order valence-electron chi connectivity index (χ4n) is 1.84. The summed E-state index contributed by atoms with van der Waals surface area (Å²) in [6.07, 6.45) is 6.48. The van der Waals surface area contributed by atoms with Crippen molar-refractivity contribution >= 4 is 17.4 Å². The number of halogens is 1. The lowest BCUT2D eigenvalue weighted by Gasteiger charge is -2.15. The second-order valence-corrected chi connectivity index (χ2v) is 5.81. The monoisotopic (exact) mass is 269 g/mol. The van der Waals surface area contributed by atoms with Gasteiger partial charge in [0, 0.05) is 10.9 Å². The summed E-state index contributed by atoms with van der Waals surface area (Å²) in [7, 11) is 0. The summed E-state index contributed by atoms with van der Waals surface area (Å²) >= 11 is 1.97. The molecular formula is C15H24FNS. The van der Waals surface area contributed by atoms with Crippen molar-refractivity contribution in [2.45, 2.75) is 51.2 Å². The van der Waals surface area contributed by atoms with E-state index in [0.717, 1.165) is 16.8 Å². The number of anilines is 1. The third-order valence-electron chi connectivity index (χ3n) is 3.02. The fraction of sp³-hybridized carbons (Fsp3) is 0.600. The highest BCUT2D eigenvalue weighted by Gasteiger charge is 2.05. The van der Waals surface area contributed by atoms with Gasteiger partial charge >= 0.3 is 0 Å². The molecule has 0 aliphatic heterocycles. The predicted octanol–water partition coefficient (Wildman–Crippen LogP) is 5.29. The highest BCUT2D eigenvalue weighted by Crippen LogP contribution is 2.21. The smallest absolute Gasteiger partial charge is 0.123 e. The van der Waals surface area contributed by atoms with Crippen molar-refractivity contribution in [2.24, 2.45) is 0 Å². The van der Waals surface area contributed by atoms with E-state index >= 15 is 0 Å². The third-order valence-corrected chi connectivity index (χ3v) is 4.38. The maximum atomic E-state index is 12.7. The lowest BCUT2D eigenvalue weighted by atomic mass is 10.1. The highest BCUT2D eigenvalue weighted by atomic mass is 32.2. The Labute approximate surface area is 115 Å². The van der Waals surface area contributed by atoms with Crippen LogP contribution in [0.15, 0.2) is 24.3 Å². The van der Waals surface area contributed by atoms with Crippen LogP contribution in [0.4, 0.5) is 10.1 Å². The molecule has 0 aliphatic rings. The van der Waals surface area contributed by atoms with Gasteiger partial charge in [0.25, 0.3) is 0 Å². The number of rotatable bonds is 9. The molecule has 1 aromatic carbocycles. The van der Waals surface area contributed by atoms with E-state index in [2.05, 4.69) is 19.2 Å². The minimum atomic E-state index is -0.181. The van der Waals surface area contributed by atoms with Gasteiger partial charge in [-0.25, -0.2) is 4.39 Å². The summed E-state index contributed by atoms with van der Waals surface area (Å²) in [4.78, 5) is 0. The van der Waals surface area contributed by atoms with Gasteiger partial charge in [-0.15, -0.1) is 11.8 Å². The third kappa shape index (κ3) is 6.29. The Morgan fingerprint density at radius 3 is 2.50 bits per heavy atom. The van der Waals surface area contributed by atoms with Gasteiger partial charge in [-0.2, -0.15) is 0 Å². The summed E-state index contributed by atoms with van der Waals surface area (Å²) in [5.41, 5.74) is 0.993. The van der Waals surface area contributed by atoms with Crippen molar-refractivity contribution in [1.29, 1.82) is 0 Å². The first-order chi connectivity index (χ1) is 8.76. The largest absolute Gasteiger partial charge is 0.376 e. The van der Waals surface area contributed by atoms with Crippen LogP contribution in [-0.4, -0.2) is 11.1 Å². The van der Waals surface area contributed by atoms with Gasteiger partial charge in [-0.3, -0.25) is 0 Å². The molecule has 0 aliphatic carbocycles. The average molecular weight is 269 g/mol. The summed E-state index contributed by atoms with van der Waals surface area (Å²) in [6, 6.07) is 6.55. The molecule has 0 bridgehead atoms. The maximum absolute atomic E-state index is 12.7. The van der Waals surface area contributed by atoms with Gasteiger partial charge in [0.1, 0.15) is 5.82 Å². The summed E-state index contributed by atoms with van der Waals surface area (Å²) < 4.78 is 12.7. The molecule has 0 heterocycles. The van der Waals surface area contributed by atoms with Crippen LogP contribution in [0.3, 0.4) is 0 Å². The van der Waals surface area contributed by atoms with E-state index < -0.39 is 0 Å². The van der Waals surface area contributed by atoms with Crippen LogP contribution in [0.25, 0.3) is 0 Å². The molecule has 0 saturated carbocycles. The fourth-order valence-corrected chi connectivity index (χ4v) is 2.89. The van der Waals surface area contributed by atoms with Crippen LogP contribution in [-0.2, 0) is 0 Å². The van der Waals surface area contributed by atoms with Crippen molar-refractivity contribution in [2.75, 3.05) is 11.2 Å². The molecule has 1 rings (SSSR count). The van der Waals surface area contributed by atoms with Crippen LogP contribution in [0.2, 0.25) is 0 Å². The van der Waals surface area contributed by atoms with E-state index in [1.54, 1.807) is 12.1 Å². The average Bonchev–Trinajstić information content (AvgIpc) is 2.39. The second-order valence-electron chi connectivity index (χ2n) is 4.52. The van der Waals surface area contributed by atoms with E-state index in [9.17, 15) is 4.39 Å². The molecular weight excluding hydrogens is 245 g/mol. The molecule has 0 amide bonds. The second kappa shape index (κ2) is 9.26. The van der Waals surface area contributed by atoms with E-state index in [0.29, 0.717) is 0 Å². The summed E-state index contributed by atoms with van der Waals surface area (Å²) in [5.74, 6) is 0.718. The Morgan fingerprint density at radius 2 is 1.89 bits per heavy atom. The minimum Gasteiger partial charge on any atom is -0.376 e. The van der Waals surface area contributed by atoms with Gasteiger partial charge in [0.15, 0.2) is 0 Å². The molecule has 0 fully saturated rings. The molecule has 1 aromatic rings. The first-order valence-electron chi connectivity index (χ1n) is 6.87. The van der Waals surface area contributed by atoms with Crippen LogP contribution in [0.5, 0.6) is 0 Å². The number of hydrogen-bond acceptors (Lipinski definition) is 2. The topological polar surface area (TPSA) is 12.0 Å². The van der Waals surface area contributed by atoms with Crippen molar-refractivity contribution < 1.29 is 4.39 Å².